The highest BCUT2D eigenvalue weighted by Crippen LogP contribution is 2.39. The number of hydrogen-bond acceptors (Lipinski definition) is 5. The third kappa shape index (κ3) is 5.37. The molecule has 1 aliphatic carbocycles. The number of nitrogens with two attached hydrogens (primary N) is 1. The molecule has 160 valence electrons. The minimum atomic E-state index is -0.476. The maximum Gasteiger partial charge on any atom is 0.257 e. The molecule has 0 unspecified atom stereocenters. The monoisotopic (exact) mass is 445 g/mol. The highest BCUT2D eigenvalue weighted by molar-refractivity contribution is 7.80. The molecule has 0 saturated heterocycles. The number of ether oxygens (including phenoxy) is 1. The third-order valence-electron chi connectivity index (χ3n) is 5.08. The Hall–Kier alpha value is -2.45. The largest absolute Gasteiger partial charge is 0.494 e. The summed E-state index contributed by atoms with van der Waals surface area (Å²) in [4.78, 5) is 25.8. The van der Waals surface area contributed by atoms with Crippen LogP contribution in [-0.4, -0.2) is 23.5 Å². The van der Waals surface area contributed by atoms with E-state index in [4.69, 9.17) is 22.7 Å². The summed E-state index contributed by atoms with van der Waals surface area (Å²) in [5.74, 6) is 0.397. The van der Waals surface area contributed by atoms with E-state index in [-0.39, 0.29) is 11.0 Å². The number of nitrogens with one attached hydrogen (secondary N) is 2. The Kier molecular flexibility index (Phi) is 7.44. The van der Waals surface area contributed by atoms with Gasteiger partial charge >= 0.3 is 0 Å². The minimum Gasteiger partial charge on any atom is -0.494 e. The lowest BCUT2D eigenvalue weighted by atomic mass is 9.88. The van der Waals surface area contributed by atoms with Crippen molar-refractivity contribution in [3.8, 4) is 5.75 Å². The maximum atomic E-state index is 12.6. The van der Waals surface area contributed by atoms with Gasteiger partial charge in [0.15, 0.2) is 5.11 Å². The van der Waals surface area contributed by atoms with Gasteiger partial charge in [0.1, 0.15) is 10.8 Å². The Labute approximate surface area is 186 Å². The molecule has 0 spiro atoms. The van der Waals surface area contributed by atoms with Crippen LogP contribution >= 0.6 is 23.6 Å². The summed E-state index contributed by atoms with van der Waals surface area (Å²) in [7, 11) is 0. The summed E-state index contributed by atoms with van der Waals surface area (Å²) >= 11 is 6.81. The molecule has 0 aliphatic heterocycles. The van der Waals surface area contributed by atoms with E-state index in [1.54, 1.807) is 18.2 Å². The van der Waals surface area contributed by atoms with Crippen LogP contribution in [-0.2, 0) is 12.8 Å². The Balaban J connectivity index is 1.68. The van der Waals surface area contributed by atoms with Crippen molar-refractivity contribution in [2.24, 2.45) is 11.7 Å². The molecule has 4 N–H and O–H groups in total. The smallest absolute Gasteiger partial charge is 0.257 e. The Morgan fingerprint density at radius 3 is 2.90 bits per heavy atom. The number of thiocarbonyl (C=S) groups is 1. The average Bonchev–Trinajstić information content (AvgIpc) is 3.05. The fourth-order valence-corrected chi connectivity index (χ4v) is 5.15. The van der Waals surface area contributed by atoms with Crippen molar-refractivity contribution in [2.45, 2.75) is 46.0 Å². The molecular formula is C22H27N3O3S2. The lowest BCUT2D eigenvalue weighted by Crippen LogP contribution is -2.34. The van der Waals surface area contributed by atoms with E-state index in [2.05, 4.69) is 24.5 Å². The van der Waals surface area contributed by atoms with Crippen LogP contribution in [0.5, 0.6) is 5.75 Å². The lowest BCUT2D eigenvalue weighted by Gasteiger charge is -2.18. The van der Waals surface area contributed by atoms with Gasteiger partial charge in [0.25, 0.3) is 11.8 Å². The number of fused-ring (bicyclic) bond motifs is 1. The van der Waals surface area contributed by atoms with Crippen LogP contribution in [0.4, 0.5) is 5.00 Å². The Bertz CT molecular complexity index is 955. The number of anilines is 1. The molecule has 8 heteroatoms. The SMILES string of the molecule is CCCCOc1cccc(C(=O)NC(=S)Nc2sc3c(c2C(N)=O)CC[C@H](C)C3)c1. The van der Waals surface area contributed by atoms with Gasteiger partial charge in [0.2, 0.25) is 0 Å². The van der Waals surface area contributed by atoms with Gasteiger partial charge in [-0.1, -0.05) is 26.3 Å². The second-order valence-corrected chi connectivity index (χ2v) is 9.07. The van der Waals surface area contributed by atoms with Crippen LogP contribution < -0.4 is 21.1 Å². The molecule has 30 heavy (non-hydrogen) atoms. The van der Waals surface area contributed by atoms with Gasteiger partial charge in [-0.05, 0) is 67.6 Å². The summed E-state index contributed by atoms with van der Waals surface area (Å²) in [6, 6.07) is 6.98. The normalized spacial score (nSPS) is 15.2. The first-order valence-corrected chi connectivity index (χ1v) is 11.4. The van der Waals surface area contributed by atoms with E-state index in [1.807, 2.05) is 6.07 Å². The fourth-order valence-electron chi connectivity index (χ4n) is 3.47. The van der Waals surface area contributed by atoms with Crippen LogP contribution in [0.1, 0.15) is 64.3 Å². The molecule has 1 aromatic carbocycles. The minimum absolute atomic E-state index is 0.131. The first kappa shape index (κ1) is 22.2. The molecule has 2 aromatic rings. The number of primary amides is 1. The van der Waals surface area contributed by atoms with Crippen molar-refractivity contribution in [2.75, 3.05) is 11.9 Å². The molecule has 1 aromatic heterocycles. The molecule has 0 fully saturated rings. The molecule has 6 nitrogen and oxygen atoms in total. The molecule has 1 atom stereocenters. The van der Waals surface area contributed by atoms with Crippen LogP contribution in [0.15, 0.2) is 24.3 Å². The Morgan fingerprint density at radius 2 is 2.17 bits per heavy atom. The number of hydrogen-bond donors (Lipinski definition) is 3. The number of thiophene rings is 1. The van der Waals surface area contributed by atoms with E-state index in [1.165, 1.54) is 11.3 Å². The predicted molar refractivity (Wildman–Crippen MR) is 125 cm³/mol. The fraction of sp³-hybridized carbons (Fsp3) is 0.409. The highest BCUT2D eigenvalue weighted by Gasteiger charge is 2.27. The summed E-state index contributed by atoms with van der Waals surface area (Å²) in [5.41, 5.74) is 7.59. The van der Waals surface area contributed by atoms with Gasteiger partial charge < -0.3 is 15.8 Å². The molecule has 0 bridgehead atoms. The van der Waals surface area contributed by atoms with Crippen LogP contribution in [0.25, 0.3) is 0 Å². The molecule has 3 rings (SSSR count). The molecule has 0 radical (unpaired) electrons. The van der Waals surface area contributed by atoms with Gasteiger partial charge in [-0.25, -0.2) is 0 Å². The quantitative estimate of drug-likeness (QED) is 0.437. The van der Waals surface area contributed by atoms with E-state index >= 15 is 0 Å². The zero-order valence-corrected chi connectivity index (χ0v) is 18.9. The van der Waals surface area contributed by atoms with E-state index in [0.29, 0.717) is 34.4 Å². The van der Waals surface area contributed by atoms with Crippen molar-refractivity contribution in [3.05, 3.63) is 45.8 Å². The molecule has 1 heterocycles. The lowest BCUT2D eigenvalue weighted by molar-refractivity contribution is 0.0975. The van der Waals surface area contributed by atoms with Crippen LogP contribution in [0.3, 0.4) is 0 Å². The number of unbranched alkanes of at least 4 members (excludes halogenated alkanes) is 1. The van der Waals surface area contributed by atoms with Gasteiger partial charge in [-0.15, -0.1) is 11.3 Å². The maximum absolute atomic E-state index is 12.6. The number of carbonyl (C=O) groups is 2. The second kappa shape index (κ2) is 10.0. The zero-order chi connectivity index (χ0) is 21.7. The topological polar surface area (TPSA) is 93.4 Å². The van der Waals surface area contributed by atoms with E-state index in [9.17, 15) is 9.59 Å². The van der Waals surface area contributed by atoms with Gasteiger partial charge in [0.05, 0.1) is 12.2 Å². The van der Waals surface area contributed by atoms with Crippen LogP contribution in [0, 0.1) is 5.92 Å². The zero-order valence-electron chi connectivity index (χ0n) is 17.2. The molecular weight excluding hydrogens is 418 g/mol. The molecule has 2 amide bonds. The molecule has 1 aliphatic rings. The first-order chi connectivity index (χ1) is 14.4. The van der Waals surface area contributed by atoms with E-state index < -0.39 is 5.91 Å². The Morgan fingerprint density at radius 1 is 1.37 bits per heavy atom. The van der Waals surface area contributed by atoms with Gasteiger partial charge in [-0.2, -0.15) is 0 Å². The predicted octanol–water partition coefficient (Wildman–Crippen LogP) is 4.28. The van der Waals surface area contributed by atoms with Crippen molar-refractivity contribution in [3.63, 3.8) is 0 Å². The van der Waals surface area contributed by atoms with Crippen molar-refractivity contribution in [1.29, 1.82) is 0 Å². The van der Waals surface area contributed by atoms with Crippen molar-refractivity contribution in [1.82, 2.24) is 5.32 Å². The summed E-state index contributed by atoms with van der Waals surface area (Å²) in [5, 5.41) is 6.41. The van der Waals surface area contributed by atoms with Gasteiger partial charge in [0, 0.05) is 10.4 Å². The third-order valence-corrected chi connectivity index (χ3v) is 6.45. The number of amides is 2. The first-order valence-electron chi connectivity index (χ1n) is 10.2. The summed E-state index contributed by atoms with van der Waals surface area (Å²) in [6.07, 6.45) is 4.78. The van der Waals surface area contributed by atoms with Crippen LogP contribution in [0.2, 0.25) is 0 Å². The number of carbonyl (C=O) groups excluding carboxylic acids is 2. The van der Waals surface area contributed by atoms with Crippen molar-refractivity contribution < 1.29 is 14.3 Å². The highest BCUT2D eigenvalue weighted by atomic mass is 32.1. The molecule has 0 saturated carbocycles. The summed E-state index contributed by atoms with van der Waals surface area (Å²) < 4.78 is 5.66. The average molecular weight is 446 g/mol. The van der Waals surface area contributed by atoms with Crippen molar-refractivity contribution >= 4 is 45.5 Å². The number of rotatable bonds is 7. The number of benzene rings is 1. The van der Waals surface area contributed by atoms with Gasteiger partial charge in [-0.3, -0.25) is 14.9 Å². The van der Waals surface area contributed by atoms with E-state index in [0.717, 1.165) is 42.5 Å². The summed E-state index contributed by atoms with van der Waals surface area (Å²) in [6.45, 7) is 4.90. The standard InChI is InChI=1S/C22H27N3O3S2/c1-3-4-10-28-15-7-5-6-14(12-15)20(27)24-22(29)25-21-18(19(23)26)16-9-8-13(2)11-17(16)30-21/h5-7,12-13H,3-4,8-11H2,1-2H3,(H2,23,26)(H2,24,25,27,29)/t13-/m0/s1. The second-order valence-electron chi connectivity index (χ2n) is 7.56.